The van der Waals surface area contributed by atoms with Gasteiger partial charge in [0.15, 0.2) is 0 Å². The summed E-state index contributed by atoms with van der Waals surface area (Å²) in [6.45, 7) is 0. The lowest BCUT2D eigenvalue weighted by Gasteiger charge is -2.23. The largest absolute Gasteiger partial charge is 0.308 e. The van der Waals surface area contributed by atoms with Crippen LogP contribution in [0.25, 0.3) is 72.1 Å². The number of aromatic nitrogens is 4. The Labute approximate surface area is 296 Å². The highest BCUT2D eigenvalue weighted by Gasteiger charge is 2.27. The van der Waals surface area contributed by atoms with Crippen molar-refractivity contribution in [2.45, 2.75) is 0 Å². The summed E-state index contributed by atoms with van der Waals surface area (Å²) >= 11 is 0. The Kier molecular flexibility index (Phi) is 7.07. The topological polar surface area (TPSA) is 35.6 Å². The minimum atomic E-state index is -1.01. The minimum absolute atomic E-state index is 0.648. The van der Waals surface area contributed by atoms with E-state index in [0.717, 1.165) is 33.5 Å². The Morgan fingerprint density at radius 3 is 1.35 bits per heavy atom. The van der Waals surface area contributed by atoms with Crippen molar-refractivity contribution in [2.75, 3.05) is 0 Å². The molecule has 0 amide bonds. The molecule has 0 aliphatic rings. The first-order valence-electron chi connectivity index (χ1n) is 17.2. The van der Waals surface area contributed by atoms with E-state index in [9.17, 15) is 0 Å². The summed E-state index contributed by atoms with van der Waals surface area (Å²) in [6, 6.07) is 67.0. The van der Waals surface area contributed by atoms with Gasteiger partial charge in [-0.3, -0.25) is 4.57 Å². The number of hydrogen-bond acceptors (Lipinski definition) is 2. The summed E-state index contributed by atoms with van der Waals surface area (Å²) in [5.41, 5.74) is 8.43. The van der Waals surface area contributed by atoms with Gasteiger partial charge in [-0.2, -0.15) is 0 Å². The van der Waals surface area contributed by atoms with Gasteiger partial charge in [-0.15, -0.1) is 0 Å². The van der Waals surface area contributed by atoms with E-state index in [-0.39, 0.29) is 0 Å². The molecule has 0 aliphatic heterocycles. The summed E-state index contributed by atoms with van der Waals surface area (Å²) in [6.07, 6.45) is 0. The van der Waals surface area contributed by atoms with E-state index in [1.54, 1.807) is 0 Å². The molecule has 7 aromatic carbocycles. The highest BCUT2D eigenvalue weighted by molar-refractivity contribution is 7.72. The summed E-state index contributed by atoms with van der Waals surface area (Å²) < 4.78 is 4.92. The van der Waals surface area contributed by atoms with Gasteiger partial charge in [-0.05, 0) is 18.2 Å². The molecule has 0 saturated heterocycles. The van der Waals surface area contributed by atoms with Gasteiger partial charge in [0.1, 0.15) is 0 Å². The van der Waals surface area contributed by atoms with Gasteiger partial charge in [-0.25, -0.2) is 9.97 Å². The van der Waals surface area contributed by atoms with Gasteiger partial charge in [0, 0.05) is 43.3 Å². The number of rotatable bonds is 6. The molecule has 0 atom stereocenters. The van der Waals surface area contributed by atoms with E-state index in [1.165, 1.54) is 43.2 Å². The molecule has 10 aromatic rings. The highest BCUT2D eigenvalue weighted by atomic mass is 31.1. The number of hydrogen-bond donors (Lipinski definition) is 0. The van der Waals surface area contributed by atoms with Crippen molar-refractivity contribution < 1.29 is 0 Å². The molecule has 0 spiro atoms. The van der Waals surface area contributed by atoms with E-state index in [0.29, 0.717) is 5.95 Å². The maximum atomic E-state index is 5.37. The molecule has 3 heterocycles. The molecule has 0 fully saturated rings. The second kappa shape index (κ2) is 12.2. The van der Waals surface area contributed by atoms with Gasteiger partial charge >= 0.3 is 0 Å². The molecule has 3 aromatic heterocycles. The van der Waals surface area contributed by atoms with Crippen LogP contribution >= 0.6 is 8.07 Å². The summed E-state index contributed by atoms with van der Waals surface area (Å²) in [5.74, 6) is 0.648. The van der Waals surface area contributed by atoms with Gasteiger partial charge in [-0.1, -0.05) is 170 Å². The molecule has 5 heteroatoms. The molecule has 51 heavy (non-hydrogen) atoms. The van der Waals surface area contributed by atoms with Crippen molar-refractivity contribution >= 4 is 62.3 Å². The van der Waals surface area contributed by atoms with Crippen LogP contribution in [0.4, 0.5) is 0 Å². The monoisotopic (exact) mass is 670 g/mol. The van der Waals surface area contributed by atoms with Crippen LogP contribution in [-0.4, -0.2) is 18.9 Å². The van der Waals surface area contributed by atoms with E-state index in [1.807, 2.05) is 12.1 Å². The number of para-hydroxylation sites is 2. The second-order valence-corrected chi connectivity index (χ2v) is 14.7. The highest BCUT2D eigenvalue weighted by Crippen LogP contribution is 2.48. The third-order valence-corrected chi connectivity index (χ3v) is 12.1. The van der Waals surface area contributed by atoms with Crippen LogP contribution in [-0.2, 0) is 0 Å². The Bertz CT molecular complexity index is 2750. The Hall–Kier alpha value is -6.35. The van der Waals surface area contributed by atoms with E-state index in [2.05, 4.69) is 185 Å². The molecule has 0 aliphatic carbocycles. The molecule has 4 nitrogen and oxygen atoms in total. The van der Waals surface area contributed by atoms with Gasteiger partial charge in [0.25, 0.3) is 0 Å². The number of nitrogens with zero attached hydrogens (tertiary/aromatic N) is 4. The van der Waals surface area contributed by atoms with Crippen LogP contribution in [0.1, 0.15) is 0 Å². The quantitative estimate of drug-likeness (QED) is 0.165. The van der Waals surface area contributed by atoms with Gasteiger partial charge in [0.05, 0.1) is 41.5 Å². The lowest BCUT2D eigenvalue weighted by molar-refractivity contribution is 0.996. The average Bonchev–Trinajstić information content (AvgIpc) is 3.73. The minimum Gasteiger partial charge on any atom is -0.308 e. The maximum absolute atomic E-state index is 5.37. The molecular formula is C46H31N4P. The fourth-order valence-corrected chi connectivity index (χ4v) is 9.92. The van der Waals surface area contributed by atoms with E-state index in [4.69, 9.17) is 9.97 Å². The first-order chi connectivity index (χ1) is 25.3. The number of fused-ring (bicyclic) bond motifs is 7. The van der Waals surface area contributed by atoms with E-state index < -0.39 is 8.07 Å². The molecule has 0 unspecified atom stereocenters. The molecule has 10 rings (SSSR count). The van der Waals surface area contributed by atoms with E-state index >= 15 is 0 Å². The smallest absolute Gasteiger partial charge is 0.235 e. The third-order valence-electron chi connectivity index (χ3n) is 9.70. The van der Waals surface area contributed by atoms with Crippen LogP contribution < -0.4 is 10.6 Å². The average molecular weight is 671 g/mol. The van der Waals surface area contributed by atoms with Crippen molar-refractivity contribution in [2.24, 2.45) is 0 Å². The predicted molar refractivity (Wildman–Crippen MR) is 215 cm³/mol. The summed E-state index contributed by atoms with van der Waals surface area (Å²) in [4.78, 5) is 10.7. The van der Waals surface area contributed by atoms with Crippen LogP contribution in [0.15, 0.2) is 188 Å². The molecular weight excluding hydrogens is 640 g/mol. The Morgan fingerprint density at radius 1 is 0.373 bits per heavy atom. The van der Waals surface area contributed by atoms with Crippen LogP contribution in [0.2, 0.25) is 0 Å². The first-order valence-corrected chi connectivity index (χ1v) is 18.5. The fourth-order valence-electron chi connectivity index (χ4n) is 7.46. The first kappa shape index (κ1) is 29.6. The molecule has 240 valence electrons. The molecule has 0 saturated carbocycles. The zero-order valence-electron chi connectivity index (χ0n) is 27.6. The third kappa shape index (κ3) is 4.87. The van der Waals surface area contributed by atoms with Crippen molar-refractivity contribution in [1.29, 1.82) is 0 Å². The lowest BCUT2D eigenvalue weighted by Crippen LogP contribution is -2.17. The van der Waals surface area contributed by atoms with Crippen LogP contribution in [0.5, 0.6) is 0 Å². The Morgan fingerprint density at radius 2 is 0.804 bits per heavy atom. The van der Waals surface area contributed by atoms with Crippen molar-refractivity contribution in [1.82, 2.24) is 18.9 Å². The molecule has 0 radical (unpaired) electrons. The zero-order chi connectivity index (χ0) is 33.7. The fraction of sp³-hybridized carbons (Fsp3) is 0. The molecule has 0 N–H and O–H groups in total. The van der Waals surface area contributed by atoms with Gasteiger partial charge in [0.2, 0.25) is 5.95 Å². The SMILES string of the molecule is c1ccc(-c2cc(-c3ccccc3)nc(-n3c4ccccc4c4ccc5c6ccccc6n(P(c6ccccc6)c6ccccc6)c5c43)n2)cc1. The zero-order valence-corrected chi connectivity index (χ0v) is 28.5. The van der Waals surface area contributed by atoms with Crippen LogP contribution in [0.3, 0.4) is 0 Å². The summed E-state index contributed by atoms with van der Waals surface area (Å²) in [7, 11) is -1.01. The van der Waals surface area contributed by atoms with Crippen molar-refractivity contribution in [3.8, 4) is 28.5 Å². The van der Waals surface area contributed by atoms with Crippen LogP contribution in [0, 0.1) is 0 Å². The maximum Gasteiger partial charge on any atom is 0.235 e. The lowest BCUT2D eigenvalue weighted by atomic mass is 10.1. The molecule has 0 bridgehead atoms. The summed E-state index contributed by atoms with van der Waals surface area (Å²) in [5, 5.41) is 7.36. The number of benzene rings is 7. The van der Waals surface area contributed by atoms with Crippen molar-refractivity contribution in [3.05, 3.63) is 188 Å². The normalized spacial score (nSPS) is 11.7. The Balaban J connectivity index is 1.39. The second-order valence-electron chi connectivity index (χ2n) is 12.7. The van der Waals surface area contributed by atoms with Gasteiger partial charge < -0.3 is 4.34 Å². The predicted octanol–water partition coefficient (Wildman–Crippen LogP) is 10.9. The standard InChI is InChI=1S/C46H31N4P/c1-5-17-32(18-6-1)40-31-41(33-19-7-2-8-20-33)48-46(47-40)49-42-27-15-13-25-36(42)38-29-30-39-37-26-14-16-28-43(37)50(45(39)44(38)49)51(34-21-9-3-10-22-34)35-23-11-4-12-24-35/h1-31H. The van der Waals surface area contributed by atoms with Crippen molar-refractivity contribution in [3.63, 3.8) is 0 Å².